The highest BCUT2D eigenvalue weighted by atomic mass is 35.5. The number of nitrogens with two attached hydrogens (primary N) is 1. The van der Waals surface area contributed by atoms with Crippen LogP contribution in [-0.2, 0) is 16.6 Å². The van der Waals surface area contributed by atoms with Crippen LogP contribution in [0.2, 0.25) is 0 Å². The smallest absolute Gasteiger partial charge is 0.244 e. The average molecular weight is 311 g/mol. The fourth-order valence-electron chi connectivity index (χ4n) is 1.71. The highest BCUT2D eigenvalue weighted by Gasteiger charge is 2.37. The maximum Gasteiger partial charge on any atom is 0.244 e. The monoisotopic (exact) mass is 310 g/mol. The van der Waals surface area contributed by atoms with E-state index in [4.69, 9.17) is 5.73 Å². The van der Waals surface area contributed by atoms with Crippen LogP contribution in [0.5, 0.6) is 0 Å². The van der Waals surface area contributed by atoms with Crippen LogP contribution in [-0.4, -0.2) is 25.3 Å². The molecule has 2 heterocycles. The van der Waals surface area contributed by atoms with Crippen LogP contribution in [0.25, 0.3) is 0 Å². The molecule has 0 saturated heterocycles. The van der Waals surface area contributed by atoms with E-state index < -0.39 is 10.0 Å². The van der Waals surface area contributed by atoms with Gasteiger partial charge in [0.05, 0.1) is 4.90 Å². The molecule has 18 heavy (non-hydrogen) atoms. The van der Waals surface area contributed by atoms with Gasteiger partial charge in [-0.05, 0) is 16.9 Å². The Balaban J connectivity index is 0.00000162. The summed E-state index contributed by atoms with van der Waals surface area (Å²) in [7, 11) is -3.29. The highest BCUT2D eigenvalue weighted by Crippen LogP contribution is 2.34. The Bertz CT molecular complexity index is 519. The van der Waals surface area contributed by atoms with E-state index >= 15 is 0 Å². The number of nitrogens with zero attached hydrogens (tertiary/aromatic N) is 1. The molecule has 0 fully saturated rings. The van der Waals surface area contributed by atoms with Crippen molar-refractivity contribution in [2.75, 3.05) is 6.54 Å². The minimum atomic E-state index is -3.29. The Labute approximate surface area is 119 Å². The number of sulfonamides is 1. The van der Waals surface area contributed by atoms with E-state index in [0.717, 1.165) is 4.88 Å². The Morgan fingerprint density at radius 1 is 1.50 bits per heavy atom. The van der Waals surface area contributed by atoms with Crippen molar-refractivity contribution in [3.8, 4) is 0 Å². The summed E-state index contributed by atoms with van der Waals surface area (Å²) in [5.74, 6) is 0. The van der Waals surface area contributed by atoms with E-state index in [9.17, 15) is 8.42 Å². The van der Waals surface area contributed by atoms with Crippen molar-refractivity contribution >= 4 is 33.8 Å². The Kier molecular flexibility index (Phi) is 4.50. The highest BCUT2D eigenvalue weighted by molar-refractivity contribution is 7.89. The van der Waals surface area contributed by atoms with Crippen molar-refractivity contribution in [3.63, 3.8) is 0 Å². The molecule has 0 saturated carbocycles. The van der Waals surface area contributed by atoms with Crippen LogP contribution < -0.4 is 5.73 Å². The fourth-order valence-corrected chi connectivity index (χ4v) is 4.65. The first-order valence-electron chi connectivity index (χ1n) is 5.55. The zero-order valence-electron chi connectivity index (χ0n) is 10.7. The lowest BCUT2D eigenvalue weighted by Gasteiger charge is -2.30. The van der Waals surface area contributed by atoms with E-state index in [0.29, 0.717) is 18.0 Å². The van der Waals surface area contributed by atoms with Crippen molar-refractivity contribution in [1.82, 2.24) is 4.31 Å². The lowest BCUT2D eigenvalue weighted by molar-refractivity contribution is 0.266. The summed E-state index contributed by atoms with van der Waals surface area (Å²) in [5.41, 5.74) is 5.96. The van der Waals surface area contributed by atoms with Crippen molar-refractivity contribution in [1.29, 1.82) is 0 Å². The largest absolute Gasteiger partial charge is 0.326 e. The zero-order valence-corrected chi connectivity index (χ0v) is 13.2. The lowest BCUT2D eigenvalue weighted by atomic mass is 9.87. The molecule has 0 radical (unpaired) electrons. The number of halogens is 1. The number of thiophene rings is 1. The second kappa shape index (κ2) is 5.09. The first-order chi connectivity index (χ1) is 7.73. The van der Waals surface area contributed by atoms with Crippen LogP contribution in [0, 0.1) is 5.41 Å². The Morgan fingerprint density at radius 3 is 2.61 bits per heavy atom. The molecule has 7 heteroatoms. The van der Waals surface area contributed by atoms with Gasteiger partial charge in [0.25, 0.3) is 0 Å². The van der Waals surface area contributed by atoms with E-state index in [-0.39, 0.29) is 23.9 Å². The summed E-state index contributed by atoms with van der Waals surface area (Å²) in [6.45, 7) is 6.93. The van der Waals surface area contributed by atoms with Crippen molar-refractivity contribution in [3.05, 3.63) is 16.3 Å². The minimum absolute atomic E-state index is 0. The number of hydrogen-bond acceptors (Lipinski definition) is 4. The topological polar surface area (TPSA) is 63.4 Å². The molecule has 0 aromatic carbocycles. The summed E-state index contributed by atoms with van der Waals surface area (Å²) in [5, 5.41) is 1.82. The molecular formula is C11H19ClN2O2S2. The molecule has 1 aliphatic rings. The van der Waals surface area contributed by atoms with Crippen LogP contribution >= 0.6 is 23.7 Å². The molecule has 0 bridgehead atoms. The second-order valence-electron chi connectivity index (χ2n) is 5.48. The molecular weight excluding hydrogens is 292 g/mol. The van der Waals surface area contributed by atoms with Crippen molar-refractivity contribution < 1.29 is 8.42 Å². The van der Waals surface area contributed by atoms with E-state index in [1.165, 1.54) is 15.6 Å². The molecule has 2 rings (SSSR count). The Morgan fingerprint density at radius 2 is 2.11 bits per heavy atom. The summed E-state index contributed by atoms with van der Waals surface area (Å²) < 4.78 is 25.9. The zero-order chi connectivity index (χ0) is 12.8. The molecule has 0 amide bonds. The van der Waals surface area contributed by atoms with Gasteiger partial charge < -0.3 is 5.73 Å². The normalized spacial score (nSPS) is 20.2. The predicted molar refractivity (Wildman–Crippen MR) is 76.6 cm³/mol. The van der Waals surface area contributed by atoms with Crippen molar-refractivity contribution in [2.24, 2.45) is 11.1 Å². The summed E-state index contributed by atoms with van der Waals surface area (Å²) >= 11 is 1.49. The van der Waals surface area contributed by atoms with Crippen LogP contribution in [0.15, 0.2) is 16.3 Å². The average Bonchev–Trinajstić information content (AvgIpc) is 2.70. The van der Waals surface area contributed by atoms with Crippen LogP contribution in [0.1, 0.15) is 25.6 Å². The van der Waals surface area contributed by atoms with Gasteiger partial charge in [0.15, 0.2) is 0 Å². The number of rotatable bonds is 2. The Hall–Kier alpha value is -0.140. The SMILES string of the molecule is CC(C)(C)[C@H](N)CN1Cc2sccc2S1(=O)=O.Cl. The predicted octanol–water partition coefficient (Wildman–Crippen LogP) is 2.05. The van der Waals surface area contributed by atoms with Gasteiger partial charge in [-0.2, -0.15) is 4.31 Å². The third-order valence-corrected chi connectivity index (χ3v) is 6.09. The standard InChI is InChI=1S/C11H18N2O2S2.ClH/c1-11(2,3)10(12)7-13-6-8-9(4-5-16-8)17(13,14)15;/h4-5,10H,6-7,12H2,1-3H3;1H/t10-;/m1./s1. The second-order valence-corrected chi connectivity index (χ2v) is 8.39. The first kappa shape index (κ1) is 15.9. The molecule has 0 aliphatic carbocycles. The maximum atomic E-state index is 12.2. The number of fused-ring (bicyclic) bond motifs is 1. The molecule has 0 unspecified atom stereocenters. The van der Waals surface area contributed by atoms with Crippen LogP contribution in [0.3, 0.4) is 0 Å². The minimum Gasteiger partial charge on any atom is -0.326 e. The number of hydrogen-bond donors (Lipinski definition) is 1. The molecule has 104 valence electrons. The van der Waals surface area contributed by atoms with E-state index in [1.54, 1.807) is 6.07 Å². The third-order valence-electron chi connectivity index (χ3n) is 3.16. The van der Waals surface area contributed by atoms with Crippen molar-refractivity contribution in [2.45, 2.75) is 38.3 Å². The molecule has 0 spiro atoms. The van der Waals surface area contributed by atoms with E-state index in [2.05, 4.69) is 0 Å². The first-order valence-corrected chi connectivity index (χ1v) is 7.87. The molecule has 2 N–H and O–H groups in total. The molecule has 1 aromatic heterocycles. The third kappa shape index (κ3) is 2.72. The lowest BCUT2D eigenvalue weighted by Crippen LogP contribution is -2.45. The fraction of sp³-hybridized carbons (Fsp3) is 0.636. The molecule has 1 aromatic rings. The van der Waals surface area contributed by atoms with Gasteiger partial charge in [-0.3, -0.25) is 0 Å². The maximum absolute atomic E-state index is 12.2. The van der Waals surface area contributed by atoms with E-state index in [1.807, 2.05) is 26.2 Å². The molecule has 1 aliphatic heterocycles. The van der Waals surface area contributed by atoms with Gasteiger partial charge >= 0.3 is 0 Å². The summed E-state index contributed by atoms with van der Waals surface area (Å²) in [4.78, 5) is 1.38. The van der Waals surface area contributed by atoms with Crippen LogP contribution in [0.4, 0.5) is 0 Å². The van der Waals surface area contributed by atoms with Gasteiger partial charge in [-0.15, -0.1) is 23.7 Å². The van der Waals surface area contributed by atoms with Gasteiger partial charge in [-0.1, -0.05) is 20.8 Å². The molecule has 1 atom stereocenters. The van der Waals surface area contributed by atoms with Gasteiger partial charge in [0.1, 0.15) is 0 Å². The summed E-state index contributed by atoms with van der Waals surface area (Å²) in [6.07, 6.45) is 0. The van der Waals surface area contributed by atoms with Gasteiger partial charge in [0, 0.05) is 24.0 Å². The van der Waals surface area contributed by atoms with Gasteiger partial charge in [0.2, 0.25) is 10.0 Å². The van der Waals surface area contributed by atoms with Gasteiger partial charge in [-0.25, -0.2) is 8.42 Å². The molecule has 4 nitrogen and oxygen atoms in total. The summed E-state index contributed by atoms with van der Waals surface area (Å²) in [6, 6.07) is 1.52. The quantitative estimate of drug-likeness (QED) is 0.909.